The number of nitrogens with one attached hydrogen (secondary N) is 1. The summed E-state index contributed by atoms with van der Waals surface area (Å²) in [5.74, 6) is 0.716. The highest BCUT2D eigenvalue weighted by Gasteiger charge is 2.35. The van der Waals surface area contributed by atoms with Gasteiger partial charge in [0.25, 0.3) is 0 Å². The van der Waals surface area contributed by atoms with Gasteiger partial charge in [0, 0.05) is 26.2 Å². The molecule has 4 heteroatoms. The van der Waals surface area contributed by atoms with Crippen molar-refractivity contribution < 1.29 is 4.79 Å². The Morgan fingerprint density at radius 1 is 1.35 bits per heavy atom. The molecule has 2 heterocycles. The normalized spacial score (nSPS) is 26.2. The quantitative estimate of drug-likeness (QED) is 0.793. The van der Waals surface area contributed by atoms with E-state index in [0.717, 1.165) is 26.2 Å². The van der Waals surface area contributed by atoms with Gasteiger partial charge in [0.1, 0.15) is 0 Å². The van der Waals surface area contributed by atoms with Crippen LogP contribution in [-0.4, -0.2) is 55.1 Å². The molecule has 0 spiro atoms. The van der Waals surface area contributed by atoms with Crippen LogP contribution < -0.4 is 5.32 Å². The van der Waals surface area contributed by atoms with Crippen molar-refractivity contribution in [1.82, 2.24) is 15.1 Å². The van der Waals surface area contributed by atoms with Crippen molar-refractivity contribution in [1.29, 1.82) is 0 Å². The number of hydrogen-bond donors (Lipinski definition) is 1. The summed E-state index contributed by atoms with van der Waals surface area (Å²) >= 11 is 0. The monoisotopic (exact) mass is 239 g/mol. The standard InChI is InChI=1S/C13H25N3O/c1-3-15(2)13(17)16-10-4-5-12(16)11-6-8-14-9-7-11/h11-12,14H,3-10H2,1-2H3. The molecule has 2 fully saturated rings. The predicted octanol–water partition coefficient (Wildman–Crippen LogP) is 1.52. The molecule has 2 rings (SSSR count). The lowest BCUT2D eigenvalue weighted by Gasteiger charge is -2.36. The van der Waals surface area contributed by atoms with Crippen LogP contribution in [0.15, 0.2) is 0 Å². The molecule has 1 atom stereocenters. The van der Waals surface area contributed by atoms with Gasteiger partial charge in [-0.1, -0.05) is 0 Å². The third-order valence-corrected chi connectivity index (χ3v) is 4.27. The van der Waals surface area contributed by atoms with Crippen LogP contribution in [-0.2, 0) is 0 Å². The number of nitrogens with zero attached hydrogens (tertiary/aromatic N) is 2. The van der Waals surface area contributed by atoms with E-state index in [4.69, 9.17) is 0 Å². The van der Waals surface area contributed by atoms with Crippen molar-refractivity contribution in [2.45, 2.75) is 38.6 Å². The summed E-state index contributed by atoms with van der Waals surface area (Å²) < 4.78 is 0. The molecule has 2 amide bonds. The van der Waals surface area contributed by atoms with E-state index in [1.807, 2.05) is 18.9 Å². The Labute approximate surface area is 104 Å². The van der Waals surface area contributed by atoms with Crippen molar-refractivity contribution in [2.24, 2.45) is 5.92 Å². The molecule has 0 radical (unpaired) electrons. The zero-order chi connectivity index (χ0) is 12.3. The zero-order valence-electron chi connectivity index (χ0n) is 11.1. The number of carbonyl (C=O) groups excluding carboxylic acids is 1. The average Bonchev–Trinajstić information content (AvgIpc) is 2.87. The number of piperidine rings is 1. The van der Waals surface area contributed by atoms with Gasteiger partial charge >= 0.3 is 6.03 Å². The molecule has 17 heavy (non-hydrogen) atoms. The summed E-state index contributed by atoms with van der Waals surface area (Å²) in [5, 5.41) is 3.40. The summed E-state index contributed by atoms with van der Waals surface area (Å²) in [6.45, 7) is 6.03. The van der Waals surface area contributed by atoms with E-state index in [1.165, 1.54) is 25.7 Å². The average molecular weight is 239 g/mol. The molecule has 0 saturated carbocycles. The maximum Gasteiger partial charge on any atom is 0.319 e. The van der Waals surface area contributed by atoms with Crippen LogP contribution in [0.3, 0.4) is 0 Å². The fourth-order valence-electron chi connectivity index (χ4n) is 3.10. The minimum atomic E-state index is 0.230. The zero-order valence-corrected chi connectivity index (χ0v) is 11.1. The van der Waals surface area contributed by atoms with E-state index < -0.39 is 0 Å². The molecule has 98 valence electrons. The highest BCUT2D eigenvalue weighted by Crippen LogP contribution is 2.30. The van der Waals surface area contributed by atoms with E-state index in [1.54, 1.807) is 0 Å². The van der Waals surface area contributed by atoms with Gasteiger partial charge in [-0.25, -0.2) is 4.79 Å². The Bertz CT molecular complexity index is 263. The van der Waals surface area contributed by atoms with E-state index >= 15 is 0 Å². The number of likely N-dealkylation sites (tertiary alicyclic amines) is 1. The van der Waals surface area contributed by atoms with Crippen molar-refractivity contribution in [3.05, 3.63) is 0 Å². The summed E-state index contributed by atoms with van der Waals surface area (Å²) in [6.07, 6.45) is 4.83. The molecule has 0 aromatic carbocycles. The Morgan fingerprint density at radius 2 is 2.06 bits per heavy atom. The molecule has 0 aromatic rings. The van der Waals surface area contributed by atoms with Crippen molar-refractivity contribution in [3.63, 3.8) is 0 Å². The summed E-state index contributed by atoms with van der Waals surface area (Å²) in [4.78, 5) is 16.2. The van der Waals surface area contributed by atoms with Gasteiger partial charge in [-0.2, -0.15) is 0 Å². The second-order valence-electron chi connectivity index (χ2n) is 5.29. The number of rotatable bonds is 2. The topological polar surface area (TPSA) is 35.6 Å². The highest BCUT2D eigenvalue weighted by atomic mass is 16.2. The first-order chi connectivity index (χ1) is 8.24. The maximum atomic E-state index is 12.3. The van der Waals surface area contributed by atoms with Crippen LogP contribution in [0, 0.1) is 5.92 Å². The molecule has 2 saturated heterocycles. The molecule has 1 unspecified atom stereocenters. The minimum Gasteiger partial charge on any atom is -0.328 e. The van der Waals surface area contributed by atoms with Gasteiger partial charge in [0.05, 0.1) is 0 Å². The van der Waals surface area contributed by atoms with E-state index in [2.05, 4.69) is 10.2 Å². The number of amides is 2. The maximum absolute atomic E-state index is 12.3. The van der Waals surface area contributed by atoms with Gasteiger partial charge in [-0.05, 0) is 51.6 Å². The van der Waals surface area contributed by atoms with Gasteiger partial charge in [0.2, 0.25) is 0 Å². The second kappa shape index (κ2) is 5.71. The van der Waals surface area contributed by atoms with Crippen molar-refractivity contribution in [2.75, 3.05) is 33.2 Å². The third kappa shape index (κ3) is 2.73. The first kappa shape index (κ1) is 12.7. The molecular weight excluding hydrogens is 214 g/mol. The lowest BCUT2D eigenvalue weighted by Crippen LogP contribution is -2.48. The fourth-order valence-corrected chi connectivity index (χ4v) is 3.10. The van der Waals surface area contributed by atoms with Crippen LogP contribution in [0.25, 0.3) is 0 Å². The fraction of sp³-hybridized carbons (Fsp3) is 0.923. The Kier molecular flexibility index (Phi) is 4.26. The van der Waals surface area contributed by atoms with E-state index in [-0.39, 0.29) is 6.03 Å². The Balaban J connectivity index is 1.98. The van der Waals surface area contributed by atoms with Gasteiger partial charge in [-0.3, -0.25) is 0 Å². The predicted molar refractivity (Wildman–Crippen MR) is 69.0 cm³/mol. The van der Waals surface area contributed by atoms with Gasteiger partial charge in [-0.15, -0.1) is 0 Å². The molecular formula is C13H25N3O. The van der Waals surface area contributed by atoms with Crippen molar-refractivity contribution >= 4 is 6.03 Å². The van der Waals surface area contributed by atoms with Crippen LogP contribution in [0.5, 0.6) is 0 Å². The molecule has 0 aromatic heterocycles. The number of carbonyl (C=O) groups is 1. The van der Waals surface area contributed by atoms with E-state index in [0.29, 0.717) is 12.0 Å². The smallest absolute Gasteiger partial charge is 0.319 e. The molecule has 2 aliphatic heterocycles. The Morgan fingerprint density at radius 3 is 2.71 bits per heavy atom. The lowest BCUT2D eigenvalue weighted by atomic mass is 9.89. The third-order valence-electron chi connectivity index (χ3n) is 4.27. The van der Waals surface area contributed by atoms with Gasteiger partial charge < -0.3 is 15.1 Å². The summed E-state index contributed by atoms with van der Waals surface area (Å²) in [7, 11) is 1.90. The number of urea groups is 1. The van der Waals surface area contributed by atoms with Gasteiger partial charge in [0.15, 0.2) is 0 Å². The molecule has 4 nitrogen and oxygen atoms in total. The van der Waals surface area contributed by atoms with Crippen LogP contribution >= 0.6 is 0 Å². The summed E-state index contributed by atoms with van der Waals surface area (Å²) in [6, 6.07) is 0.729. The number of hydrogen-bond acceptors (Lipinski definition) is 2. The lowest BCUT2D eigenvalue weighted by molar-refractivity contribution is 0.134. The van der Waals surface area contributed by atoms with Crippen LogP contribution in [0.2, 0.25) is 0 Å². The summed E-state index contributed by atoms with van der Waals surface area (Å²) in [5.41, 5.74) is 0. The van der Waals surface area contributed by atoms with E-state index in [9.17, 15) is 4.79 Å². The molecule has 0 bridgehead atoms. The molecule has 2 aliphatic rings. The second-order valence-corrected chi connectivity index (χ2v) is 5.29. The SMILES string of the molecule is CCN(C)C(=O)N1CCCC1C1CCNCC1. The van der Waals surface area contributed by atoms with Crippen LogP contribution in [0.1, 0.15) is 32.6 Å². The molecule has 0 aliphatic carbocycles. The van der Waals surface area contributed by atoms with Crippen molar-refractivity contribution in [3.8, 4) is 0 Å². The molecule has 1 N–H and O–H groups in total. The first-order valence-electron chi connectivity index (χ1n) is 6.96. The minimum absolute atomic E-state index is 0.230. The Hall–Kier alpha value is -0.770. The highest BCUT2D eigenvalue weighted by molar-refractivity contribution is 5.74. The first-order valence-corrected chi connectivity index (χ1v) is 6.96. The largest absolute Gasteiger partial charge is 0.328 e. The van der Waals surface area contributed by atoms with Crippen LogP contribution in [0.4, 0.5) is 4.79 Å².